The van der Waals surface area contributed by atoms with Crippen LogP contribution in [0.3, 0.4) is 0 Å². The fourth-order valence-corrected chi connectivity index (χ4v) is 2.26. The van der Waals surface area contributed by atoms with Crippen molar-refractivity contribution >= 4 is 16.9 Å². The van der Waals surface area contributed by atoms with E-state index in [0.717, 1.165) is 11.1 Å². The SMILES string of the molecule is Cc1ccc(C(=O)Cc2nc3cc(C)ccc3oc2=O)cc1. The van der Waals surface area contributed by atoms with Crippen molar-refractivity contribution in [3.63, 3.8) is 0 Å². The second-order valence-corrected chi connectivity index (χ2v) is 5.39. The molecule has 0 bridgehead atoms. The molecule has 0 atom stereocenters. The zero-order valence-electron chi connectivity index (χ0n) is 12.4. The third-order valence-electron chi connectivity index (χ3n) is 3.51. The second-order valence-electron chi connectivity index (χ2n) is 5.39. The van der Waals surface area contributed by atoms with Crippen LogP contribution in [0, 0.1) is 13.8 Å². The van der Waals surface area contributed by atoms with Gasteiger partial charge >= 0.3 is 5.63 Å². The minimum Gasteiger partial charge on any atom is -0.420 e. The lowest BCUT2D eigenvalue weighted by Gasteiger charge is -2.03. The normalized spacial score (nSPS) is 10.8. The first-order valence-corrected chi connectivity index (χ1v) is 7.03. The molecule has 4 nitrogen and oxygen atoms in total. The summed E-state index contributed by atoms with van der Waals surface area (Å²) in [4.78, 5) is 28.5. The molecule has 0 radical (unpaired) electrons. The second kappa shape index (κ2) is 5.56. The number of hydrogen-bond donors (Lipinski definition) is 0. The summed E-state index contributed by atoms with van der Waals surface area (Å²) in [6.45, 7) is 3.89. The zero-order valence-corrected chi connectivity index (χ0v) is 12.4. The van der Waals surface area contributed by atoms with Crippen molar-refractivity contribution in [3.05, 3.63) is 75.3 Å². The molecular weight excluding hydrogens is 278 g/mol. The molecule has 0 aliphatic heterocycles. The molecule has 0 N–H and O–H groups in total. The largest absolute Gasteiger partial charge is 0.420 e. The van der Waals surface area contributed by atoms with Crippen LogP contribution in [0.25, 0.3) is 11.1 Å². The smallest absolute Gasteiger partial charge is 0.358 e. The average molecular weight is 293 g/mol. The Morgan fingerprint density at radius 3 is 2.45 bits per heavy atom. The lowest BCUT2D eigenvalue weighted by atomic mass is 10.1. The number of benzene rings is 2. The minimum absolute atomic E-state index is 0.0602. The van der Waals surface area contributed by atoms with Crippen molar-refractivity contribution < 1.29 is 9.21 Å². The first-order chi connectivity index (χ1) is 10.5. The van der Waals surface area contributed by atoms with Gasteiger partial charge in [-0.05, 0) is 31.5 Å². The summed E-state index contributed by atoms with van der Waals surface area (Å²) in [5.41, 5.74) is 3.27. The number of carbonyl (C=O) groups is 1. The molecule has 4 heteroatoms. The molecule has 0 spiro atoms. The van der Waals surface area contributed by atoms with Crippen LogP contribution in [0.5, 0.6) is 0 Å². The van der Waals surface area contributed by atoms with Gasteiger partial charge < -0.3 is 4.42 Å². The van der Waals surface area contributed by atoms with Crippen LogP contribution in [-0.4, -0.2) is 10.8 Å². The summed E-state index contributed by atoms with van der Waals surface area (Å²) in [7, 11) is 0. The van der Waals surface area contributed by atoms with Gasteiger partial charge in [0.15, 0.2) is 11.4 Å². The van der Waals surface area contributed by atoms with Gasteiger partial charge in [-0.2, -0.15) is 0 Å². The van der Waals surface area contributed by atoms with Gasteiger partial charge in [0.1, 0.15) is 11.2 Å². The Labute approximate surface area is 127 Å². The molecule has 110 valence electrons. The molecule has 1 aromatic heterocycles. The Hall–Kier alpha value is -2.75. The number of carbonyl (C=O) groups excluding carboxylic acids is 1. The lowest BCUT2D eigenvalue weighted by Crippen LogP contribution is -2.15. The highest BCUT2D eigenvalue weighted by Crippen LogP contribution is 2.13. The van der Waals surface area contributed by atoms with E-state index in [1.165, 1.54) is 0 Å². The van der Waals surface area contributed by atoms with Crippen molar-refractivity contribution in [2.45, 2.75) is 20.3 Å². The highest BCUT2D eigenvalue weighted by molar-refractivity contribution is 5.97. The van der Waals surface area contributed by atoms with Gasteiger partial charge in [0.25, 0.3) is 0 Å². The highest BCUT2D eigenvalue weighted by Gasteiger charge is 2.13. The van der Waals surface area contributed by atoms with Gasteiger partial charge in [0, 0.05) is 5.56 Å². The molecule has 3 rings (SSSR count). The molecule has 22 heavy (non-hydrogen) atoms. The monoisotopic (exact) mass is 293 g/mol. The first-order valence-electron chi connectivity index (χ1n) is 7.03. The van der Waals surface area contributed by atoms with Crippen LogP contribution >= 0.6 is 0 Å². The maximum absolute atomic E-state index is 12.3. The van der Waals surface area contributed by atoms with Gasteiger partial charge in [0.2, 0.25) is 0 Å². The van der Waals surface area contributed by atoms with Crippen molar-refractivity contribution in [3.8, 4) is 0 Å². The summed E-state index contributed by atoms with van der Waals surface area (Å²) in [6.07, 6.45) is -0.0602. The van der Waals surface area contributed by atoms with Gasteiger partial charge in [-0.1, -0.05) is 35.9 Å². The van der Waals surface area contributed by atoms with Crippen LogP contribution in [0.4, 0.5) is 0 Å². The maximum atomic E-state index is 12.3. The Morgan fingerprint density at radius 1 is 1.05 bits per heavy atom. The number of rotatable bonds is 3. The van der Waals surface area contributed by atoms with E-state index in [2.05, 4.69) is 4.98 Å². The van der Waals surface area contributed by atoms with Crippen molar-refractivity contribution in [2.75, 3.05) is 0 Å². The Bertz CT molecular complexity index is 908. The van der Waals surface area contributed by atoms with Crippen molar-refractivity contribution in [1.29, 1.82) is 0 Å². The fraction of sp³-hybridized carbons (Fsp3) is 0.167. The van der Waals surface area contributed by atoms with Gasteiger partial charge in [-0.15, -0.1) is 0 Å². The van der Waals surface area contributed by atoms with E-state index >= 15 is 0 Å². The predicted octanol–water partition coefficient (Wildman–Crippen LogP) is 3.23. The van der Waals surface area contributed by atoms with Crippen LogP contribution in [0.15, 0.2) is 51.7 Å². The van der Waals surface area contributed by atoms with Gasteiger partial charge in [0.05, 0.1) is 6.42 Å². The average Bonchev–Trinajstić information content (AvgIpc) is 2.49. The molecule has 0 saturated heterocycles. The molecule has 2 aromatic carbocycles. The van der Waals surface area contributed by atoms with Gasteiger partial charge in [-0.25, -0.2) is 9.78 Å². The molecule has 3 aromatic rings. The molecule has 0 saturated carbocycles. The molecular formula is C18H15NO3. The Kier molecular flexibility index (Phi) is 3.59. The zero-order chi connectivity index (χ0) is 15.7. The van der Waals surface area contributed by atoms with E-state index in [1.807, 2.05) is 38.1 Å². The number of aromatic nitrogens is 1. The summed E-state index contributed by atoms with van der Waals surface area (Å²) in [5, 5.41) is 0. The van der Waals surface area contributed by atoms with E-state index in [0.29, 0.717) is 16.7 Å². The van der Waals surface area contributed by atoms with Crippen molar-refractivity contribution in [1.82, 2.24) is 4.98 Å². The number of aryl methyl sites for hydroxylation is 2. The van der Waals surface area contributed by atoms with Crippen LogP contribution in [0.2, 0.25) is 0 Å². The van der Waals surface area contributed by atoms with Crippen LogP contribution in [0.1, 0.15) is 27.2 Å². The summed E-state index contributed by atoms with van der Waals surface area (Å²) in [6, 6.07) is 12.6. The first kappa shape index (κ1) is 14.2. The van der Waals surface area contributed by atoms with Gasteiger partial charge in [-0.3, -0.25) is 4.79 Å². The van der Waals surface area contributed by atoms with E-state index in [4.69, 9.17) is 4.42 Å². The lowest BCUT2D eigenvalue weighted by molar-refractivity contribution is 0.0991. The van der Waals surface area contributed by atoms with Crippen molar-refractivity contribution in [2.24, 2.45) is 0 Å². The number of hydrogen-bond acceptors (Lipinski definition) is 4. The highest BCUT2D eigenvalue weighted by atomic mass is 16.4. The molecule has 0 amide bonds. The summed E-state index contributed by atoms with van der Waals surface area (Å²) in [5.74, 6) is -0.146. The topological polar surface area (TPSA) is 60.2 Å². The molecule has 1 heterocycles. The Balaban J connectivity index is 1.96. The van der Waals surface area contributed by atoms with E-state index in [1.54, 1.807) is 18.2 Å². The summed E-state index contributed by atoms with van der Waals surface area (Å²) < 4.78 is 5.23. The van der Waals surface area contributed by atoms with E-state index in [9.17, 15) is 9.59 Å². The quantitative estimate of drug-likeness (QED) is 0.696. The fourth-order valence-electron chi connectivity index (χ4n) is 2.26. The Morgan fingerprint density at radius 2 is 1.73 bits per heavy atom. The third-order valence-corrected chi connectivity index (χ3v) is 3.51. The minimum atomic E-state index is -0.559. The maximum Gasteiger partial charge on any atom is 0.358 e. The summed E-state index contributed by atoms with van der Waals surface area (Å²) >= 11 is 0. The standard InChI is InChI=1S/C18H15NO3/c1-11-3-6-13(7-4-11)16(20)10-15-18(21)22-17-8-5-12(2)9-14(17)19-15/h3-9H,10H2,1-2H3. The number of nitrogens with zero attached hydrogens (tertiary/aromatic N) is 1. The molecule has 0 fully saturated rings. The van der Waals surface area contributed by atoms with E-state index in [-0.39, 0.29) is 17.9 Å². The number of ketones is 1. The third kappa shape index (κ3) is 2.81. The number of Topliss-reactive ketones (excluding diaryl/α,β-unsaturated/α-hetero) is 1. The molecule has 0 unspecified atom stereocenters. The van der Waals surface area contributed by atoms with Crippen LogP contribution < -0.4 is 5.63 Å². The number of fused-ring (bicyclic) bond motifs is 1. The molecule has 0 aliphatic carbocycles. The predicted molar refractivity (Wildman–Crippen MR) is 84.2 cm³/mol. The van der Waals surface area contributed by atoms with E-state index < -0.39 is 5.63 Å². The molecule has 0 aliphatic rings. The van der Waals surface area contributed by atoms with Crippen LogP contribution in [-0.2, 0) is 6.42 Å².